The van der Waals surface area contributed by atoms with E-state index in [0.29, 0.717) is 0 Å². The van der Waals surface area contributed by atoms with Gasteiger partial charge in [0.15, 0.2) is 0 Å². The van der Waals surface area contributed by atoms with E-state index >= 15 is 0 Å². The van der Waals surface area contributed by atoms with Gasteiger partial charge >= 0.3 is 6.18 Å². The molecule has 0 atom stereocenters. The van der Waals surface area contributed by atoms with E-state index in [-0.39, 0.29) is 32.3 Å². The van der Waals surface area contributed by atoms with Crippen LogP contribution in [0.5, 0.6) is 0 Å². The van der Waals surface area contributed by atoms with Gasteiger partial charge < -0.3 is 10.2 Å². The van der Waals surface area contributed by atoms with Crippen molar-refractivity contribution in [1.82, 2.24) is 0 Å². The average Bonchev–Trinajstić information content (AvgIpc) is 2.14. The molecule has 0 saturated heterocycles. The molecule has 0 aromatic rings. The van der Waals surface area contributed by atoms with Gasteiger partial charge in [0.05, 0.1) is 18.1 Å². The maximum atomic E-state index is 12.5. The van der Waals surface area contributed by atoms with Crippen molar-refractivity contribution in [2.45, 2.75) is 51.3 Å². The lowest BCUT2D eigenvalue weighted by molar-refractivity contribution is -0.200. The summed E-state index contributed by atoms with van der Waals surface area (Å²) in [5.74, 6) is -1.28. The Morgan fingerprint density at radius 2 is 1.62 bits per heavy atom. The number of halogens is 3. The van der Waals surface area contributed by atoms with E-state index in [0.717, 1.165) is 0 Å². The van der Waals surface area contributed by atoms with E-state index in [1.807, 2.05) is 0 Å². The van der Waals surface area contributed by atoms with Crippen LogP contribution in [-0.2, 0) is 0 Å². The van der Waals surface area contributed by atoms with Gasteiger partial charge in [-0.3, -0.25) is 0 Å². The van der Waals surface area contributed by atoms with Crippen LogP contribution in [0.15, 0.2) is 0 Å². The molecule has 1 saturated carbocycles. The molecule has 0 bridgehead atoms. The van der Waals surface area contributed by atoms with Crippen molar-refractivity contribution in [3.05, 3.63) is 0 Å². The van der Waals surface area contributed by atoms with Gasteiger partial charge in [-0.15, -0.1) is 0 Å². The van der Waals surface area contributed by atoms with Crippen molar-refractivity contribution in [1.29, 1.82) is 0 Å². The van der Waals surface area contributed by atoms with E-state index in [4.69, 9.17) is 0 Å². The zero-order valence-electron chi connectivity index (χ0n) is 9.64. The van der Waals surface area contributed by atoms with Crippen LogP contribution < -0.4 is 0 Å². The third kappa shape index (κ3) is 2.51. The number of aliphatic hydroxyl groups is 2. The Labute approximate surface area is 93.5 Å². The second kappa shape index (κ2) is 4.18. The first-order valence-electron chi connectivity index (χ1n) is 5.52. The lowest BCUT2D eigenvalue weighted by Crippen LogP contribution is -2.49. The summed E-state index contributed by atoms with van der Waals surface area (Å²) in [4.78, 5) is 0. The number of hydrogen-bond acceptors (Lipinski definition) is 2. The lowest BCUT2D eigenvalue weighted by Gasteiger charge is -2.47. The Morgan fingerprint density at radius 3 is 1.88 bits per heavy atom. The van der Waals surface area contributed by atoms with Gasteiger partial charge in [0, 0.05) is 5.41 Å². The highest BCUT2D eigenvalue weighted by atomic mass is 19.4. The Morgan fingerprint density at radius 1 is 1.19 bits per heavy atom. The highest BCUT2D eigenvalue weighted by Gasteiger charge is 2.50. The maximum absolute atomic E-state index is 12.5. The summed E-state index contributed by atoms with van der Waals surface area (Å²) in [7, 11) is 0. The van der Waals surface area contributed by atoms with Crippen LogP contribution in [0, 0.1) is 11.3 Å². The fraction of sp³-hybridized carbons (Fsp3) is 1.00. The maximum Gasteiger partial charge on any atom is 0.391 e. The summed E-state index contributed by atoms with van der Waals surface area (Å²) in [6.45, 7) is 2.84. The molecule has 2 N–H and O–H groups in total. The van der Waals surface area contributed by atoms with Crippen LogP contribution in [0.4, 0.5) is 13.2 Å². The predicted molar refractivity (Wildman–Crippen MR) is 53.8 cm³/mol. The fourth-order valence-corrected chi connectivity index (χ4v) is 2.46. The smallest absolute Gasteiger partial charge is 0.391 e. The van der Waals surface area contributed by atoms with Gasteiger partial charge in [-0.1, -0.05) is 0 Å². The van der Waals surface area contributed by atoms with E-state index in [9.17, 15) is 23.4 Å². The molecule has 1 fully saturated rings. The van der Waals surface area contributed by atoms with Gasteiger partial charge in [0.2, 0.25) is 0 Å². The van der Waals surface area contributed by atoms with Crippen LogP contribution in [0.25, 0.3) is 0 Å². The van der Waals surface area contributed by atoms with Gasteiger partial charge in [0.25, 0.3) is 0 Å². The van der Waals surface area contributed by atoms with Gasteiger partial charge in [-0.05, 0) is 39.5 Å². The second-order valence-electron chi connectivity index (χ2n) is 5.31. The molecule has 1 aliphatic rings. The number of hydrogen-bond donors (Lipinski definition) is 2. The summed E-state index contributed by atoms with van der Waals surface area (Å²) < 4.78 is 37.4. The molecule has 16 heavy (non-hydrogen) atoms. The average molecular weight is 240 g/mol. The summed E-state index contributed by atoms with van der Waals surface area (Å²) in [6, 6.07) is 0. The molecule has 0 amide bonds. The van der Waals surface area contributed by atoms with E-state index in [1.54, 1.807) is 13.8 Å². The fourth-order valence-electron chi connectivity index (χ4n) is 2.46. The van der Waals surface area contributed by atoms with Crippen molar-refractivity contribution in [3.8, 4) is 0 Å². The molecule has 96 valence electrons. The van der Waals surface area contributed by atoms with Crippen LogP contribution >= 0.6 is 0 Å². The number of alkyl halides is 3. The molecule has 0 heterocycles. The molecule has 0 aromatic heterocycles. The van der Waals surface area contributed by atoms with Crippen LogP contribution in [0.1, 0.15) is 39.5 Å². The number of rotatable bonds is 2. The van der Waals surface area contributed by atoms with E-state index < -0.39 is 23.1 Å². The quantitative estimate of drug-likeness (QED) is 0.778. The Balaban J connectivity index is 2.72. The standard InChI is InChI=1S/C11H19F3O2/c1-9(2,16)10(7-15)5-3-8(4-6-10)11(12,13)14/h8,15-16H,3-7H2,1-2H3. The monoisotopic (exact) mass is 240 g/mol. The third-order valence-corrected chi connectivity index (χ3v) is 4.01. The van der Waals surface area contributed by atoms with Crippen molar-refractivity contribution in [2.75, 3.05) is 6.61 Å². The minimum absolute atomic E-state index is 0.00590. The molecule has 0 unspecified atom stereocenters. The van der Waals surface area contributed by atoms with Crippen molar-refractivity contribution in [3.63, 3.8) is 0 Å². The van der Waals surface area contributed by atoms with Crippen molar-refractivity contribution < 1.29 is 23.4 Å². The Hall–Kier alpha value is -0.290. The molecule has 2 nitrogen and oxygen atoms in total. The lowest BCUT2D eigenvalue weighted by atomic mass is 9.63. The highest BCUT2D eigenvalue weighted by molar-refractivity contribution is 4.97. The van der Waals surface area contributed by atoms with Crippen molar-refractivity contribution in [2.24, 2.45) is 11.3 Å². The minimum Gasteiger partial charge on any atom is -0.396 e. The van der Waals surface area contributed by atoms with Crippen LogP contribution in [0.2, 0.25) is 0 Å². The summed E-state index contributed by atoms with van der Waals surface area (Å²) in [5, 5.41) is 19.3. The molecule has 5 heteroatoms. The first-order valence-corrected chi connectivity index (χ1v) is 5.52. The minimum atomic E-state index is -4.15. The molecular formula is C11H19F3O2. The SMILES string of the molecule is CC(C)(O)C1(CO)CCC(C(F)(F)F)CC1. The molecule has 1 rings (SSSR count). The topological polar surface area (TPSA) is 40.5 Å². The molecule has 0 spiro atoms. The zero-order valence-corrected chi connectivity index (χ0v) is 9.64. The van der Waals surface area contributed by atoms with Crippen LogP contribution in [-0.4, -0.2) is 28.6 Å². The molecule has 0 aliphatic heterocycles. The van der Waals surface area contributed by atoms with Crippen molar-refractivity contribution >= 4 is 0 Å². The zero-order chi connectivity index (χ0) is 12.6. The van der Waals surface area contributed by atoms with Gasteiger partial charge in [0.1, 0.15) is 0 Å². The van der Waals surface area contributed by atoms with Gasteiger partial charge in [-0.2, -0.15) is 13.2 Å². The van der Waals surface area contributed by atoms with E-state index in [1.165, 1.54) is 0 Å². The second-order valence-corrected chi connectivity index (χ2v) is 5.31. The molecule has 0 aromatic carbocycles. The molecular weight excluding hydrogens is 221 g/mol. The molecule has 1 aliphatic carbocycles. The normalized spacial score (nSPS) is 32.8. The third-order valence-electron chi connectivity index (χ3n) is 4.01. The summed E-state index contributed by atoms with van der Waals surface area (Å²) in [5.41, 5.74) is -1.92. The van der Waals surface area contributed by atoms with Crippen LogP contribution in [0.3, 0.4) is 0 Å². The largest absolute Gasteiger partial charge is 0.396 e. The Bertz CT molecular complexity index is 235. The highest BCUT2D eigenvalue weighted by Crippen LogP contribution is 2.49. The molecule has 0 radical (unpaired) electrons. The number of aliphatic hydroxyl groups excluding tert-OH is 1. The summed E-state index contributed by atoms with van der Waals surface area (Å²) >= 11 is 0. The first-order chi connectivity index (χ1) is 7.12. The predicted octanol–water partition coefficient (Wildman–Crippen LogP) is 2.49. The Kier molecular flexibility index (Phi) is 3.60. The summed E-state index contributed by atoms with van der Waals surface area (Å²) in [6.07, 6.45) is -3.72. The van der Waals surface area contributed by atoms with Gasteiger partial charge in [-0.25, -0.2) is 0 Å². The van der Waals surface area contributed by atoms with E-state index in [2.05, 4.69) is 0 Å². The first kappa shape index (κ1) is 13.8.